The summed E-state index contributed by atoms with van der Waals surface area (Å²) in [6, 6.07) is 2.24. The van der Waals surface area contributed by atoms with Crippen LogP contribution >= 0.6 is 0 Å². The van der Waals surface area contributed by atoms with Crippen LogP contribution in [-0.2, 0) is 9.59 Å². The van der Waals surface area contributed by atoms with E-state index < -0.39 is 23.7 Å². The molecule has 4 nitrogen and oxygen atoms in total. The van der Waals surface area contributed by atoms with Gasteiger partial charge < -0.3 is 5.32 Å². The van der Waals surface area contributed by atoms with E-state index in [1.807, 2.05) is 0 Å². The van der Waals surface area contributed by atoms with Gasteiger partial charge in [0.15, 0.2) is 11.6 Å². The van der Waals surface area contributed by atoms with E-state index in [0.29, 0.717) is 6.42 Å². The number of nitrogens with zero attached hydrogens (tertiary/aromatic N) is 1. The van der Waals surface area contributed by atoms with Gasteiger partial charge in [-0.15, -0.1) is 0 Å². The molecule has 1 aromatic carbocycles. The van der Waals surface area contributed by atoms with E-state index in [1.54, 1.807) is 6.92 Å². The van der Waals surface area contributed by atoms with Crippen LogP contribution in [0, 0.1) is 17.6 Å². The Kier molecular flexibility index (Phi) is 3.39. The summed E-state index contributed by atoms with van der Waals surface area (Å²) in [6.45, 7) is 1.74. The topological polar surface area (TPSA) is 49.4 Å². The van der Waals surface area contributed by atoms with E-state index in [4.69, 9.17) is 0 Å². The Balaban J connectivity index is 2.04. The number of piperazine rings is 1. The molecule has 0 spiro atoms. The van der Waals surface area contributed by atoms with E-state index in [2.05, 4.69) is 5.32 Å². The van der Waals surface area contributed by atoms with Crippen LogP contribution < -0.4 is 10.2 Å². The molecule has 2 fully saturated rings. The second kappa shape index (κ2) is 5.09. The Hall–Kier alpha value is -1.98. The third kappa shape index (κ3) is 2.28. The Bertz CT molecular complexity index is 601. The van der Waals surface area contributed by atoms with Crippen molar-refractivity contribution < 1.29 is 18.4 Å². The lowest BCUT2D eigenvalue weighted by molar-refractivity contribution is -0.134. The molecule has 1 aliphatic heterocycles. The van der Waals surface area contributed by atoms with Crippen molar-refractivity contribution in [3.63, 3.8) is 0 Å². The Morgan fingerprint density at radius 2 is 2.00 bits per heavy atom. The zero-order chi connectivity index (χ0) is 15.1. The monoisotopic (exact) mass is 294 g/mol. The van der Waals surface area contributed by atoms with Crippen LogP contribution in [0.4, 0.5) is 14.5 Å². The Morgan fingerprint density at radius 1 is 1.29 bits per heavy atom. The summed E-state index contributed by atoms with van der Waals surface area (Å²) in [6.07, 6.45) is 2.07. The Morgan fingerprint density at radius 3 is 2.62 bits per heavy atom. The van der Waals surface area contributed by atoms with Gasteiger partial charge in [0.25, 0.3) is 5.91 Å². The Labute approximate surface area is 121 Å². The molecule has 6 heteroatoms. The molecule has 3 rings (SSSR count). The number of halogens is 2. The second-order valence-corrected chi connectivity index (χ2v) is 5.53. The molecule has 0 bridgehead atoms. The minimum atomic E-state index is -1.09. The first-order valence-electron chi connectivity index (χ1n) is 7.12. The average molecular weight is 294 g/mol. The molecule has 1 saturated heterocycles. The molecule has 2 amide bonds. The SMILES string of the molecule is CCC1C(=O)NC(C2CC2)C(=O)N1c1cccc(F)c1F. The highest BCUT2D eigenvalue weighted by Crippen LogP contribution is 2.37. The molecule has 2 aliphatic rings. The van der Waals surface area contributed by atoms with Gasteiger partial charge in [0, 0.05) is 0 Å². The van der Waals surface area contributed by atoms with Gasteiger partial charge in [-0.25, -0.2) is 8.78 Å². The summed E-state index contributed by atoms with van der Waals surface area (Å²) in [5.41, 5.74) is -0.160. The van der Waals surface area contributed by atoms with Crippen LogP contribution in [-0.4, -0.2) is 23.9 Å². The number of carbonyl (C=O) groups is 2. The number of benzene rings is 1. The first-order chi connectivity index (χ1) is 10.0. The standard InChI is InChI=1S/C15H16F2N2O2/c1-2-10-14(20)18-13(8-6-7-8)15(21)19(10)11-5-3-4-9(16)12(11)17/h3-5,8,10,13H,2,6-7H2,1H3,(H,18,20). The number of amides is 2. The number of hydrogen-bond donors (Lipinski definition) is 1. The van der Waals surface area contributed by atoms with Crippen LogP contribution in [0.5, 0.6) is 0 Å². The minimum absolute atomic E-state index is 0.110. The molecule has 0 aromatic heterocycles. The zero-order valence-electron chi connectivity index (χ0n) is 11.6. The van der Waals surface area contributed by atoms with Gasteiger partial charge >= 0.3 is 0 Å². The third-order valence-electron chi connectivity index (χ3n) is 4.09. The van der Waals surface area contributed by atoms with E-state index in [1.165, 1.54) is 12.1 Å². The number of carbonyl (C=O) groups excluding carboxylic acids is 2. The molecule has 1 aromatic rings. The summed E-state index contributed by atoms with van der Waals surface area (Å²) in [5, 5.41) is 2.72. The maximum Gasteiger partial charge on any atom is 0.250 e. The van der Waals surface area contributed by atoms with Gasteiger partial charge in [-0.3, -0.25) is 14.5 Å². The van der Waals surface area contributed by atoms with Gasteiger partial charge in [0.05, 0.1) is 5.69 Å². The number of hydrogen-bond acceptors (Lipinski definition) is 2. The third-order valence-corrected chi connectivity index (χ3v) is 4.09. The highest BCUT2D eigenvalue weighted by Gasteiger charge is 2.47. The summed E-state index contributed by atoms with van der Waals surface area (Å²) in [4.78, 5) is 25.9. The fourth-order valence-corrected chi connectivity index (χ4v) is 2.81. The van der Waals surface area contributed by atoms with Crippen LogP contribution in [0.15, 0.2) is 18.2 Å². The number of nitrogens with one attached hydrogen (secondary N) is 1. The molecule has 1 heterocycles. The summed E-state index contributed by atoms with van der Waals surface area (Å²) in [5.74, 6) is -2.66. The molecule has 2 atom stereocenters. The molecule has 2 unspecified atom stereocenters. The summed E-state index contributed by atoms with van der Waals surface area (Å²) in [7, 11) is 0. The van der Waals surface area contributed by atoms with Crippen LogP contribution in [0.3, 0.4) is 0 Å². The first kappa shape index (κ1) is 14.0. The predicted molar refractivity (Wildman–Crippen MR) is 72.6 cm³/mol. The summed E-state index contributed by atoms with van der Waals surface area (Å²) >= 11 is 0. The molecular formula is C15H16F2N2O2. The van der Waals surface area contributed by atoms with Gasteiger partial charge in [0.2, 0.25) is 5.91 Å². The van der Waals surface area contributed by atoms with E-state index in [-0.39, 0.29) is 23.4 Å². The van der Waals surface area contributed by atoms with Gasteiger partial charge in [-0.1, -0.05) is 13.0 Å². The van der Waals surface area contributed by atoms with Gasteiger partial charge in [0.1, 0.15) is 12.1 Å². The van der Waals surface area contributed by atoms with E-state index >= 15 is 0 Å². The highest BCUT2D eigenvalue weighted by atomic mass is 19.2. The van der Waals surface area contributed by atoms with Crippen molar-refractivity contribution in [2.45, 2.75) is 38.3 Å². The van der Waals surface area contributed by atoms with Crippen molar-refractivity contribution >= 4 is 17.5 Å². The van der Waals surface area contributed by atoms with Gasteiger partial charge in [-0.05, 0) is 37.3 Å². The summed E-state index contributed by atoms with van der Waals surface area (Å²) < 4.78 is 27.5. The highest BCUT2D eigenvalue weighted by molar-refractivity contribution is 6.08. The van der Waals surface area contributed by atoms with Crippen molar-refractivity contribution in [1.82, 2.24) is 5.32 Å². The van der Waals surface area contributed by atoms with Crippen LogP contribution in [0.25, 0.3) is 0 Å². The van der Waals surface area contributed by atoms with Crippen molar-refractivity contribution in [2.24, 2.45) is 5.92 Å². The maximum atomic E-state index is 14.0. The van der Waals surface area contributed by atoms with Crippen molar-refractivity contribution in [3.05, 3.63) is 29.8 Å². The van der Waals surface area contributed by atoms with Gasteiger partial charge in [-0.2, -0.15) is 0 Å². The second-order valence-electron chi connectivity index (χ2n) is 5.53. The minimum Gasteiger partial charge on any atom is -0.342 e. The average Bonchev–Trinajstić information content (AvgIpc) is 3.28. The van der Waals surface area contributed by atoms with Crippen molar-refractivity contribution in [1.29, 1.82) is 0 Å². The van der Waals surface area contributed by atoms with Crippen LogP contribution in [0.1, 0.15) is 26.2 Å². The molecule has 1 aliphatic carbocycles. The first-order valence-corrected chi connectivity index (χ1v) is 7.12. The molecule has 112 valence electrons. The fraction of sp³-hybridized carbons (Fsp3) is 0.467. The molecule has 1 N–H and O–H groups in total. The molecule has 0 radical (unpaired) electrons. The van der Waals surface area contributed by atoms with Crippen LogP contribution in [0.2, 0.25) is 0 Å². The molecular weight excluding hydrogens is 278 g/mol. The molecule has 1 saturated carbocycles. The fourth-order valence-electron chi connectivity index (χ4n) is 2.81. The lowest BCUT2D eigenvalue weighted by Gasteiger charge is -2.38. The zero-order valence-corrected chi connectivity index (χ0v) is 11.6. The lowest BCUT2D eigenvalue weighted by Crippen LogP contribution is -2.64. The van der Waals surface area contributed by atoms with Crippen molar-refractivity contribution in [3.8, 4) is 0 Å². The van der Waals surface area contributed by atoms with E-state index in [0.717, 1.165) is 23.8 Å². The number of anilines is 1. The smallest absolute Gasteiger partial charge is 0.250 e. The van der Waals surface area contributed by atoms with Crippen molar-refractivity contribution in [2.75, 3.05) is 4.90 Å². The lowest BCUT2D eigenvalue weighted by atomic mass is 10.0. The molecule has 21 heavy (non-hydrogen) atoms. The predicted octanol–water partition coefficient (Wildman–Crippen LogP) is 1.98. The quantitative estimate of drug-likeness (QED) is 0.927. The normalized spacial score (nSPS) is 26.0. The largest absolute Gasteiger partial charge is 0.342 e. The maximum absolute atomic E-state index is 14.0. The number of rotatable bonds is 3. The van der Waals surface area contributed by atoms with E-state index in [9.17, 15) is 18.4 Å².